The van der Waals surface area contributed by atoms with Crippen LogP contribution in [0.1, 0.15) is 6.92 Å². The van der Waals surface area contributed by atoms with Crippen molar-refractivity contribution in [2.45, 2.75) is 17.9 Å². The lowest BCUT2D eigenvalue weighted by molar-refractivity contribution is 0.0985. The van der Waals surface area contributed by atoms with Gasteiger partial charge in [-0.3, -0.25) is 5.10 Å². The maximum atomic E-state index is 13.5. The molecule has 2 atom stereocenters. The summed E-state index contributed by atoms with van der Waals surface area (Å²) >= 11 is 0. The highest BCUT2D eigenvalue weighted by atomic mass is 32.2. The molecule has 10 heteroatoms. The Morgan fingerprint density at radius 3 is 2.84 bits per heavy atom. The lowest BCUT2D eigenvalue weighted by Gasteiger charge is -2.34. The molecule has 0 unspecified atom stereocenters. The van der Waals surface area contributed by atoms with E-state index in [9.17, 15) is 4.21 Å². The van der Waals surface area contributed by atoms with Crippen LogP contribution in [0.25, 0.3) is 16.9 Å². The minimum Gasteiger partial charge on any atom is -0.377 e. The fourth-order valence-electron chi connectivity index (χ4n) is 3.72. The molecule has 4 aromatic rings. The monoisotopic (exact) mass is 437 g/mol. The number of pyridine rings is 1. The SMILES string of the molecule is C[C@@H]1COCCN1c1cc(N=[S@](C)(=O)c2ccccc2)c2cnn(-c3ccn[nH]3)c2n1. The van der Waals surface area contributed by atoms with Crippen LogP contribution in [0.4, 0.5) is 11.5 Å². The zero-order valence-electron chi connectivity index (χ0n) is 17.3. The van der Waals surface area contributed by atoms with Crippen LogP contribution in [0.2, 0.25) is 0 Å². The van der Waals surface area contributed by atoms with Gasteiger partial charge < -0.3 is 9.64 Å². The number of benzene rings is 1. The van der Waals surface area contributed by atoms with Crippen molar-refractivity contribution >= 4 is 32.3 Å². The fourth-order valence-corrected chi connectivity index (χ4v) is 5.01. The Bertz CT molecular complexity index is 1320. The van der Waals surface area contributed by atoms with Gasteiger partial charge in [0, 0.05) is 29.8 Å². The summed E-state index contributed by atoms with van der Waals surface area (Å²) in [5.74, 6) is 1.45. The molecule has 1 aromatic carbocycles. The first-order chi connectivity index (χ1) is 15.0. The van der Waals surface area contributed by atoms with Crippen molar-refractivity contribution in [3.05, 3.63) is 54.9 Å². The van der Waals surface area contributed by atoms with Crippen molar-refractivity contribution in [3.8, 4) is 5.82 Å². The Morgan fingerprint density at radius 2 is 2.10 bits per heavy atom. The quantitative estimate of drug-likeness (QED) is 0.526. The van der Waals surface area contributed by atoms with Gasteiger partial charge in [0.25, 0.3) is 0 Å². The van der Waals surface area contributed by atoms with Crippen LogP contribution < -0.4 is 4.90 Å². The van der Waals surface area contributed by atoms with Crippen LogP contribution in [0.3, 0.4) is 0 Å². The molecule has 31 heavy (non-hydrogen) atoms. The van der Waals surface area contributed by atoms with E-state index in [1.54, 1.807) is 23.3 Å². The molecule has 0 bridgehead atoms. The minimum absolute atomic E-state index is 0.162. The molecule has 4 heterocycles. The second-order valence-corrected chi connectivity index (χ2v) is 9.82. The van der Waals surface area contributed by atoms with E-state index in [1.165, 1.54) is 0 Å². The Morgan fingerprint density at radius 1 is 1.26 bits per heavy atom. The van der Waals surface area contributed by atoms with E-state index < -0.39 is 9.73 Å². The number of rotatable bonds is 4. The zero-order valence-corrected chi connectivity index (χ0v) is 18.1. The maximum Gasteiger partial charge on any atom is 0.169 e. The van der Waals surface area contributed by atoms with Crippen LogP contribution in [-0.2, 0) is 14.5 Å². The van der Waals surface area contributed by atoms with Crippen molar-refractivity contribution in [3.63, 3.8) is 0 Å². The summed E-state index contributed by atoms with van der Waals surface area (Å²) in [5, 5.41) is 12.2. The van der Waals surface area contributed by atoms with Crippen molar-refractivity contribution in [1.82, 2.24) is 25.0 Å². The Labute approximate surface area is 180 Å². The highest BCUT2D eigenvalue weighted by Crippen LogP contribution is 2.33. The van der Waals surface area contributed by atoms with E-state index in [0.717, 1.165) is 17.7 Å². The number of ether oxygens (including phenoxy) is 1. The van der Waals surface area contributed by atoms with Gasteiger partial charge in [-0.25, -0.2) is 9.19 Å². The second-order valence-electron chi connectivity index (χ2n) is 7.56. The second kappa shape index (κ2) is 7.78. The number of H-pyrrole nitrogens is 1. The zero-order chi connectivity index (χ0) is 21.4. The maximum absolute atomic E-state index is 13.5. The first-order valence-corrected chi connectivity index (χ1v) is 12.0. The van der Waals surface area contributed by atoms with E-state index >= 15 is 0 Å². The van der Waals surface area contributed by atoms with E-state index in [1.807, 2.05) is 42.5 Å². The van der Waals surface area contributed by atoms with Gasteiger partial charge >= 0.3 is 0 Å². The molecule has 0 spiro atoms. The molecule has 1 N–H and O–H groups in total. The summed E-state index contributed by atoms with van der Waals surface area (Å²) in [7, 11) is -2.66. The van der Waals surface area contributed by atoms with Crippen LogP contribution >= 0.6 is 0 Å². The number of hydrogen-bond acceptors (Lipinski definition) is 7. The Kier molecular flexibility index (Phi) is 4.95. The number of hydrogen-bond donors (Lipinski definition) is 1. The molecular weight excluding hydrogens is 414 g/mol. The van der Waals surface area contributed by atoms with E-state index in [4.69, 9.17) is 14.1 Å². The average molecular weight is 438 g/mol. The van der Waals surface area contributed by atoms with Gasteiger partial charge in [0.1, 0.15) is 5.82 Å². The first kappa shape index (κ1) is 19.7. The third-order valence-corrected chi connectivity index (χ3v) is 7.03. The molecule has 0 amide bonds. The number of anilines is 1. The van der Waals surface area contributed by atoms with Crippen molar-refractivity contribution < 1.29 is 8.95 Å². The van der Waals surface area contributed by atoms with Gasteiger partial charge in [0.2, 0.25) is 0 Å². The highest BCUT2D eigenvalue weighted by molar-refractivity contribution is 7.93. The van der Waals surface area contributed by atoms with Gasteiger partial charge in [-0.05, 0) is 19.1 Å². The predicted octanol–water partition coefficient (Wildman–Crippen LogP) is 3.16. The number of morpholine rings is 1. The summed E-state index contributed by atoms with van der Waals surface area (Å²) in [5.41, 5.74) is 1.23. The van der Waals surface area contributed by atoms with E-state index in [2.05, 4.69) is 27.1 Å². The van der Waals surface area contributed by atoms with Crippen LogP contribution in [0.5, 0.6) is 0 Å². The van der Waals surface area contributed by atoms with Crippen LogP contribution in [0.15, 0.2) is 64.1 Å². The molecule has 3 aromatic heterocycles. The average Bonchev–Trinajstić information content (AvgIpc) is 3.44. The number of nitrogens with zero attached hydrogens (tertiary/aromatic N) is 6. The molecule has 160 valence electrons. The Balaban J connectivity index is 1.73. The van der Waals surface area contributed by atoms with E-state index in [0.29, 0.717) is 35.3 Å². The molecule has 5 rings (SSSR count). The molecular formula is C21H23N7O2S. The third-order valence-electron chi connectivity index (χ3n) is 5.34. The summed E-state index contributed by atoms with van der Waals surface area (Å²) in [6, 6.07) is 13.2. The van der Waals surface area contributed by atoms with Gasteiger partial charge in [0.15, 0.2) is 11.5 Å². The largest absolute Gasteiger partial charge is 0.377 e. The summed E-state index contributed by atoms with van der Waals surface area (Å²) in [4.78, 5) is 7.77. The number of aromatic nitrogens is 5. The fraction of sp³-hybridized carbons (Fsp3) is 0.286. The van der Waals surface area contributed by atoms with Gasteiger partial charge in [-0.2, -0.15) is 19.2 Å². The van der Waals surface area contributed by atoms with Crippen LogP contribution in [0, 0.1) is 0 Å². The smallest absolute Gasteiger partial charge is 0.169 e. The molecule has 1 fully saturated rings. The molecule has 0 saturated carbocycles. The van der Waals surface area contributed by atoms with Gasteiger partial charge in [-0.1, -0.05) is 18.2 Å². The van der Waals surface area contributed by atoms with Crippen molar-refractivity contribution in [1.29, 1.82) is 0 Å². The number of aromatic amines is 1. The highest BCUT2D eigenvalue weighted by Gasteiger charge is 2.23. The molecule has 9 nitrogen and oxygen atoms in total. The molecule has 1 aliphatic rings. The lowest BCUT2D eigenvalue weighted by atomic mass is 10.2. The molecule has 1 saturated heterocycles. The van der Waals surface area contributed by atoms with Gasteiger partial charge in [0.05, 0.1) is 52.5 Å². The molecule has 0 radical (unpaired) electrons. The van der Waals surface area contributed by atoms with Gasteiger partial charge in [-0.15, -0.1) is 0 Å². The predicted molar refractivity (Wildman–Crippen MR) is 120 cm³/mol. The molecule has 0 aliphatic carbocycles. The van der Waals surface area contributed by atoms with Crippen LogP contribution in [-0.4, -0.2) is 61.2 Å². The summed E-state index contributed by atoms with van der Waals surface area (Å²) < 4.78 is 25.5. The standard InChI is InChI=1S/C21H23N7O2S/c1-15-14-30-11-10-27(15)20-12-18(26-31(2,29)16-6-4-3-5-7-16)17-13-23-28(21(17)24-20)19-8-9-22-25-19/h3-9,12-13,15H,10-11,14H2,1-2H3,(H,22,25)/t15-,31-/m1/s1. The number of nitrogens with one attached hydrogen (secondary N) is 1. The number of fused-ring (bicyclic) bond motifs is 1. The lowest BCUT2D eigenvalue weighted by Crippen LogP contribution is -2.44. The van der Waals surface area contributed by atoms with E-state index in [-0.39, 0.29) is 6.04 Å². The third kappa shape index (κ3) is 3.68. The Hall–Kier alpha value is -3.24. The summed E-state index contributed by atoms with van der Waals surface area (Å²) in [6.45, 7) is 4.07. The topological polar surface area (TPSA) is 101 Å². The first-order valence-electron chi connectivity index (χ1n) is 10.0. The minimum atomic E-state index is -2.66. The molecule has 1 aliphatic heterocycles. The van der Waals surface area contributed by atoms with Crippen molar-refractivity contribution in [2.75, 3.05) is 30.9 Å². The van der Waals surface area contributed by atoms with Crippen molar-refractivity contribution in [2.24, 2.45) is 4.36 Å². The normalized spacial score (nSPS) is 18.8. The summed E-state index contributed by atoms with van der Waals surface area (Å²) in [6.07, 6.45) is 5.02.